The van der Waals surface area contributed by atoms with E-state index in [0.717, 1.165) is 6.42 Å². The normalized spacial score (nSPS) is 8.32. The first-order valence-corrected chi connectivity index (χ1v) is 7.13. The summed E-state index contributed by atoms with van der Waals surface area (Å²) in [6.45, 7) is 12.2. The minimum atomic E-state index is -0.334. The molecule has 0 N–H and O–H groups in total. The zero-order valence-corrected chi connectivity index (χ0v) is 13.2. The van der Waals surface area contributed by atoms with Crippen LogP contribution in [-0.2, 0) is 16.0 Å². The van der Waals surface area contributed by atoms with Crippen LogP contribution in [0.4, 0.5) is 0 Å². The number of hydrogen-bond acceptors (Lipinski definition) is 3. The van der Waals surface area contributed by atoms with Gasteiger partial charge < -0.3 is 9.47 Å². The maximum absolute atomic E-state index is 11.0. The van der Waals surface area contributed by atoms with Gasteiger partial charge in [-0.25, -0.2) is 4.79 Å². The monoisotopic (exact) mass is 268 g/mol. The highest BCUT2D eigenvalue weighted by atomic mass is 16.6. The van der Waals surface area contributed by atoms with Gasteiger partial charge in [0.25, 0.3) is 0 Å². The molecular formula is C16H28O3. The molecule has 0 spiro atoms. The van der Waals surface area contributed by atoms with Crippen molar-refractivity contribution in [2.24, 2.45) is 0 Å². The Kier molecular flexibility index (Phi) is 15.2. The van der Waals surface area contributed by atoms with Gasteiger partial charge in [0.15, 0.2) is 6.61 Å². The predicted octanol–water partition coefficient (Wildman–Crippen LogP) is 4.24. The van der Waals surface area contributed by atoms with Crippen molar-refractivity contribution in [1.82, 2.24) is 0 Å². The summed E-state index contributed by atoms with van der Waals surface area (Å²) >= 11 is 0. The van der Waals surface area contributed by atoms with Crippen LogP contribution in [0, 0.1) is 0 Å². The van der Waals surface area contributed by atoms with E-state index in [9.17, 15) is 4.79 Å². The van der Waals surface area contributed by atoms with Crippen molar-refractivity contribution >= 4 is 5.97 Å². The van der Waals surface area contributed by atoms with E-state index in [0.29, 0.717) is 12.4 Å². The molecular weight excluding hydrogens is 240 g/mol. The maximum atomic E-state index is 11.0. The molecule has 0 radical (unpaired) electrons. The molecule has 0 amide bonds. The lowest BCUT2D eigenvalue weighted by atomic mass is 10.2. The molecule has 0 aliphatic heterocycles. The van der Waals surface area contributed by atoms with Crippen molar-refractivity contribution in [3.05, 3.63) is 29.8 Å². The molecule has 1 aromatic carbocycles. The molecule has 3 nitrogen and oxygen atoms in total. The average molecular weight is 268 g/mol. The Bertz CT molecular complexity index is 322. The number of hydrogen-bond donors (Lipinski definition) is 0. The molecule has 0 bridgehead atoms. The Balaban J connectivity index is 0. The van der Waals surface area contributed by atoms with Crippen LogP contribution in [0.5, 0.6) is 5.75 Å². The summed E-state index contributed by atoms with van der Waals surface area (Å²) < 4.78 is 10.0. The van der Waals surface area contributed by atoms with Crippen LogP contribution in [0.25, 0.3) is 0 Å². The van der Waals surface area contributed by atoms with E-state index in [4.69, 9.17) is 9.47 Å². The second kappa shape index (κ2) is 14.6. The van der Waals surface area contributed by atoms with Gasteiger partial charge in [-0.1, -0.05) is 46.8 Å². The van der Waals surface area contributed by atoms with Gasteiger partial charge in [0, 0.05) is 0 Å². The Hall–Kier alpha value is -1.51. The molecule has 0 unspecified atom stereocenters. The van der Waals surface area contributed by atoms with Gasteiger partial charge in [-0.05, 0) is 31.0 Å². The van der Waals surface area contributed by atoms with Gasteiger partial charge >= 0.3 is 5.97 Å². The smallest absolute Gasteiger partial charge is 0.344 e. The van der Waals surface area contributed by atoms with Crippen molar-refractivity contribution in [3.8, 4) is 5.75 Å². The fourth-order valence-corrected chi connectivity index (χ4v) is 1.20. The summed E-state index contributed by atoms with van der Waals surface area (Å²) in [6, 6.07) is 7.70. The third-order valence-corrected chi connectivity index (χ3v) is 1.97. The molecule has 3 heteroatoms. The quantitative estimate of drug-likeness (QED) is 0.749. The molecule has 19 heavy (non-hydrogen) atoms. The number of rotatable bonds is 5. The van der Waals surface area contributed by atoms with E-state index in [1.165, 1.54) is 5.56 Å². The highest BCUT2D eigenvalue weighted by Gasteiger charge is 2.02. The molecule has 1 aromatic rings. The standard InChI is InChI=1S/C12H16O3.2C2H6/c1-3-10-6-5-7-11(8-10)15-9-12(13)14-4-2;2*1-2/h5-8H,3-4,9H2,1-2H3;2*1-2H3. The van der Waals surface area contributed by atoms with E-state index < -0.39 is 0 Å². The van der Waals surface area contributed by atoms with Crippen LogP contribution in [-0.4, -0.2) is 19.2 Å². The van der Waals surface area contributed by atoms with Crippen LogP contribution >= 0.6 is 0 Å². The largest absolute Gasteiger partial charge is 0.482 e. The number of aryl methyl sites for hydroxylation is 1. The Morgan fingerprint density at radius 1 is 1.11 bits per heavy atom. The van der Waals surface area contributed by atoms with Crippen molar-refractivity contribution in [2.75, 3.05) is 13.2 Å². The molecule has 0 aromatic heterocycles. The molecule has 0 aliphatic rings. The first-order valence-electron chi connectivity index (χ1n) is 7.13. The van der Waals surface area contributed by atoms with Crippen molar-refractivity contribution in [2.45, 2.75) is 48.0 Å². The summed E-state index contributed by atoms with van der Waals surface area (Å²) in [6.07, 6.45) is 0.955. The molecule has 0 heterocycles. The molecule has 0 fully saturated rings. The fourth-order valence-electron chi connectivity index (χ4n) is 1.20. The van der Waals surface area contributed by atoms with Crippen LogP contribution in [0.15, 0.2) is 24.3 Å². The molecule has 110 valence electrons. The number of esters is 1. The Morgan fingerprint density at radius 3 is 2.26 bits per heavy atom. The Labute approximate surface area is 117 Å². The minimum Gasteiger partial charge on any atom is -0.482 e. The second-order valence-electron chi connectivity index (χ2n) is 3.09. The molecule has 0 saturated carbocycles. The number of carbonyl (C=O) groups is 1. The lowest BCUT2D eigenvalue weighted by Crippen LogP contribution is -2.14. The van der Waals surface area contributed by atoms with Crippen molar-refractivity contribution in [3.63, 3.8) is 0 Å². The third kappa shape index (κ3) is 10.1. The molecule has 0 atom stereocenters. The van der Waals surface area contributed by atoms with E-state index in [1.807, 2.05) is 52.0 Å². The SMILES string of the molecule is CC.CC.CCOC(=O)COc1cccc(CC)c1. The minimum absolute atomic E-state index is 0.0268. The average Bonchev–Trinajstić information content (AvgIpc) is 2.50. The topological polar surface area (TPSA) is 35.5 Å². The first kappa shape index (κ1) is 19.8. The Morgan fingerprint density at radius 2 is 1.74 bits per heavy atom. The lowest BCUT2D eigenvalue weighted by molar-refractivity contribution is -0.145. The van der Waals surface area contributed by atoms with Crippen LogP contribution < -0.4 is 4.74 Å². The van der Waals surface area contributed by atoms with Gasteiger partial charge in [0.1, 0.15) is 5.75 Å². The van der Waals surface area contributed by atoms with E-state index >= 15 is 0 Å². The van der Waals surface area contributed by atoms with Crippen molar-refractivity contribution < 1.29 is 14.3 Å². The number of carbonyl (C=O) groups excluding carboxylic acids is 1. The molecule has 1 rings (SSSR count). The van der Waals surface area contributed by atoms with E-state index in [1.54, 1.807) is 6.92 Å². The van der Waals surface area contributed by atoms with Crippen molar-refractivity contribution in [1.29, 1.82) is 0 Å². The van der Waals surface area contributed by atoms with Gasteiger partial charge in [0.2, 0.25) is 0 Å². The van der Waals surface area contributed by atoms with Crippen LogP contribution in [0.2, 0.25) is 0 Å². The van der Waals surface area contributed by atoms with E-state index in [-0.39, 0.29) is 12.6 Å². The number of benzene rings is 1. The summed E-state index contributed by atoms with van der Waals surface area (Å²) in [5.74, 6) is 0.377. The highest BCUT2D eigenvalue weighted by Crippen LogP contribution is 2.13. The van der Waals surface area contributed by atoms with Crippen LogP contribution in [0.1, 0.15) is 47.1 Å². The van der Waals surface area contributed by atoms with Gasteiger partial charge in [-0.3, -0.25) is 0 Å². The van der Waals surface area contributed by atoms with Crippen LogP contribution in [0.3, 0.4) is 0 Å². The molecule has 0 saturated heterocycles. The number of ether oxygens (including phenoxy) is 2. The first-order chi connectivity index (χ1) is 9.26. The predicted molar refractivity (Wildman–Crippen MR) is 80.6 cm³/mol. The zero-order chi connectivity index (χ0) is 15.1. The van der Waals surface area contributed by atoms with Gasteiger partial charge in [0.05, 0.1) is 6.61 Å². The fraction of sp³-hybridized carbons (Fsp3) is 0.562. The second-order valence-corrected chi connectivity index (χ2v) is 3.09. The molecule has 0 aliphatic carbocycles. The zero-order valence-electron chi connectivity index (χ0n) is 13.2. The van der Waals surface area contributed by atoms with Gasteiger partial charge in [-0.15, -0.1) is 0 Å². The van der Waals surface area contributed by atoms with Gasteiger partial charge in [-0.2, -0.15) is 0 Å². The summed E-state index contributed by atoms with van der Waals surface area (Å²) in [5.41, 5.74) is 1.19. The summed E-state index contributed by atoms with van der Waals surface area (Å²) in [7, 11) is 0. The lowest BCUT2D eigenvalue weighted by Gasteiger charge is -2.06. The highest BCUT2D eigenvalue weighted by molar-refractivity contribution is 5.71. The van der Waals surface area contributed by atoms with E-state index in [2.05, 4.69) is 6.92 Å². The summed E-state index contributed by atoms with van der Waals surface area (Å²) in [4.78, 5) is 11.0. The maximum Gasteiger partial charge on any atom is 0.344 e. The summed E-state index contributed by atoms with van der Waals surface area (Å²) in [5, 5.41) is 0. The third-order valence-electron chi connectivity index (χ3n) is 1.97.